The van der Waals surface area contributed by atoms with Gasteiger partial charge in [-0.25, -0.2) is 0 Å². The van der Waals surface area contributed by atoms with E-state index in [0.717, 1.165) is 19.5 Å². The van der Waals surface area contributed by atoms with Crippen LogP contribution in [0.2, 0.25) is 0 Å². The van der Waals surface area contributed by atoms with Crippen molar-refractivity contribution in [2.24, 2.45) is 0 Å². The maximum Gasteiger partial charge on any atom is 0.169 e. The Hall–Kier alpha value is -0.380. The van der Waals surface area contributed by atoms with Gasteiger partial charge in [0.05, 0.1) is 0 Å². The molecule has 0 atom stereocenters. The minimum atomic E-state index is -0.139. The van der Waals surface area contributed by atoms with Crippen LogP contribution in [-0.4, -0.2) is 33.6 Å². The number of ether oxygens (including phenoxy) is 2. The normalized spacial score (nSPS) is 10.5. The first kappa shape index (κ1) is 10.6. The molecule has 0 unspecified atom stereocenters. The molecule has 0 saturated carbocycles. The predicted molar refractivity (Wildman–Crippen MR) is 45.5 cm³/mol. The van der Waals surface area contributed by atoms with E-state index in [-0.39, 0.29) is 6.29 Å². The zero-order valence-electron chi connectivity index (χ0n) is 7.30. The molecule has 11 heavy (non-hydrogen) atoms. The second kappa shape index (κ2) is 7.72. The number of rotatable bonds is 7. The topological polar surface area (TPSA) is 30.5 Å². The first-order chi connectivity index (χ1) is 5.35. The number of hydrogen-bond acceptors (Lipinski definition) is 3. The standard InChI is InChI=1S/C8H17NO2/c1-4-5-6-9-7-8(10-2)11-3/h4,8-9H,1,5-7H2,2-3H3. The van der Waals surface area contributed by atoms with E-state index >= 15 is 0 Å². The maximum atomic E-state index is 4.97. The van der Waals surface area contributed by atoms with Gasteiger partial charge < -0.3 is 14.8 Å². The van der Waals surface area contributed by atoms with Gasteiger partial charge in [0.2, 0.25) is 0 Å². The summed E-state index contributed by atoms with van der Waals surface area (Å²) in [6.45, 7) is 5.26. The highest BCUT2D eigenvalue weighted by Crippen LogP contribution is 1.87. The Morgan fingerprint density at radius 2 is 2.09 bits per heavy atom. The molecule has 0 radical (unpaired) electrons. The van der Waals surface area contributed by atoms with Gasteiger partial charge in [-0.05, 0) is 13.0 Å². The van der Waals surface area contributed by atoms with E-state index in [9.17, 15) is 0 Å². The maximum absolute atomic E-state index is 4.97. The highest BCUT2D eigenvalue weighted by atomic mass is 16.7. The molecular weight excluding hydrogens is 142 g/mol. The molecule has 0 heterocycles. The molecule has 0 aromatic carbocycles. The van der Waals surface area contributed by atoms with Crippen LogP contribution in [0.4, 0.5) is 0 Å². The van der Waals surface area contributed by atoms with Crippen molar-refractivity contribution in [1.82, 2.24) is 5.32 Å². The minimum Gasteiger partial charge on any atom is -0.355 e. The third-order valence-electron chi connectivity index (χ3n) is 1.36. The van der Waals surface area contributed by atoms with Crippen molar-refractivity contribution in [1.29, 1.82) is 0 Å². The molecule has 3 heteroatoms. The van der Waals surface area contributed by atoms with Crippen molar-refractivity contribution >= 4 is 0 Å². The summed E-state index contributed by atoms with van der Waals surface area (Å²) in [7, 11) is 3.26. The molecule has 0 aliphatic carbocycles. The summed E-state index contributed by atoms with van der Waals surface area (Å²) >= 11 is 0. The lowest BCUT2D eigenvalue weighted by atomic mass is 10.4. The van der Waals surface area contributed by atoms with Crippen molar-refractivity contribution in [3.05, 3.63) is 12.7 Å². The lowest BCUT2D eigenvalue weighted by Crippen LogP contribution is -2.30. The van der Waals surface area contributed by atoms with Crippen molar-refractivity contribution in [2.75, 3.05) is 27.3 Å². The summed E-state index contributed by atoms with van der Waals surface area (Å²) in [5, 5.41) is 3.17. The van der Waals surface area contributed by atoms with Crippen molar-refractivity contribution in [2.45, 2.75) is 12.7 Å². The molecule has 0 amide bonds. The highest BCUT2D eigenvalue weighted by Gasteiger charge is 2.01. The minimum absolute atomic E-state index is 0.139. The summed E-state index contributed by atoms with van der Waals surface area (Å²) in [5.74, 6) is 0. The van der Waals surface area contributed by atoms with Crippen LogP contribution in [-0.2, 0) is 9.47 Å². The first-order valence-electron chi connectivity index (χ1n) is 3.72. The Morgan fingerprint density at radius 3 is 2.55 bits per heavy atom. The summed E-state index contributed by atoms with van der Waals surface area (Å²) in [4.78, 5) is 0. The SMILES string of the molecule is C=CCCNCC(OC)OC. The lowest BCUT2D eigenvalue weighted by Gasteiger charge is -2.13. The molecule has 3 nitrogen and oxygen atoms in total. The fourth-order valence-electron chi connectivity index (χ4n) is 0.687. The van der Waals surface area contributed by atoms with Gasteiger partial charge in [-0.15, -0.1) is 6.58 Å². The van der Waals surface area contributed by atoms with Crippen molar-refractivity contribution in [3.63, 3.8) is 0 Å². The molecule has 0 aromatic heterocycles. The van der Waals surface area contributed by atoms with Crippen LogP contribution >= 0.6 is 0 Å². The zero-order valence-corrected chi connectivity index (χ0v) is 7.30. The average molecular weight is 159 g/mol. The third-order valence-corrected chi connectivity index (χ3v) is 1.36. The molecule has 0 saturated heterocycles. The Kier molecular flexibility index (Phi) is 7.46. The smallest absolute Gasteiger partial charge is 0.169 e. The summed E-state index contributed by atoms with van der Waals surface area (Å²) < 4.78 is 9.94. The van der Waals surface area contributed by atoms with Gasteiger partial charge in [0.1, 0.15) is 0 Å². The molecule has 0 aliphatic heterocycles. The van der Waals surface area contributed by atoms with Crippen LogP contribution in [0.1, 0.15) is 6.42 Å². The molecule has 0 bridgehead atoms. The van der Waals surface area contributed by atoms with E-state index in [0.29, 0.717) is 0 Å². The van der Waals surface area contributed by atoms with Crippen molar-refractivity contribution in [3.8, 4) is 0 Å². The molecule has 0 aromatic rings. The Morgan fingerprint density at radius 1 is 1.45 bits per heavy atom. The fraction of sp³-hybridized carbons (Fsp3) is 0.750. The lowest BCUT2D eigenvalue weighted by molar-refractivity contribution is -0.0985. The van der Waals surface area contributed by atoms with E-state index in [2.05, 4.69) is 11.9 Å². The average Bonchev–Trinajstić information content (AvgIpc) is 2.05. The van der Waals surface area contributed by atoms with Crippen LogP contribution in [0.3, 0.4) is 0 Å². The van der Waals surface area contributed by atoms with Gasteiger partial charge in [-0.1, -0.05) is 6.08 Å². The largest absolute Gasteiger partial charge is 0.355 e. The monoisotopic (exact) mass is 159 g/mol. The molecule has 0 rings (SSSR count). The van der Waals surface area contributed by atoms with Gasteiger partial charge in [0.15, 0.2) is 6.29 Å². The third kappa shape index (κ3) is 6.04. The molecular formula is C8H17NO2. The number of hydrogen-bond donors (Lipinski definition) is 1. The van der Waals surface area contributed by atoms with Gasteiger partial charge in [0.25, 0.3) is 0 Å². The van der Waals surface area contributed by atoms with Crippen LogP contribution < -0.4 is 5.32 Å². The van der Waals surface area contributed by atoms with Crippen LogP contribution in [0, 0.1) is 0 Å². The van der Waals surface area contributed by atoms with E-state index in [4.69, 9.17) is 9.47 Å². The second-order valence-electron chi connectivity index (χ2n) is 2.18. The Balaban J connectivity index is 3.13. The van der Waals surface area contributed by atoms with E-state index in [1.165, 1.54) is 0 Å². The van der Waals surface area contributed by atoms with Crippen molar-refractivity contribution < 1.29 is 9.47 Å². The highest BCUT2D eigenvalue weighted by molar-refractivity contribution is 4.67. The van der Waals surface area contributed by atoms with E-state index in [1.807, 2.05) is 6.08 Å². The molecule has 0 fully saturated rings. The summed E-state index contributed by atoms with van der Waals surface area (Å²) in [6.07, 6.45) is 2.71. The molecule has 1 N–H and O–H groups in total. The van der Waals surface area contributed by atoms with E-state index < -0.39 is 0 Å². The molecule has 0 spiro atoms. The summed E-state index contributed by atoms with van der Waals surface area (Å²) in [6, 6.07) is 0. The van der Waals surface area contributed by atoms with Gasteiger partial charge in [-0.3, -0.25) is 0 Å². The van der Waals surface area contributed by atoms with Crippen LogP contribution in [0.15, 0.2) is 12.7 Å². The van der Waals surface area contributed by atoms with Gasteiger partial charge in [-0.2, -0.15) is 0 Å². The Labute approximate surface area is 68.4 Å². The molecule has 0 aliphatic rings. The van der Waals surface area contributed by atoms with Gasteiger partial charge in [0, 0.05) is 20.8 Å². The first-order valence-corrected chi connectivity index (χ1v) is 3.72. The number of nitrogens with one attached hydrogen (secondary N) is 1. The number of methoxy groups -OCH3 is 2. The zero-order chi connectivity index (χ0) is 8.53. The summed E-state index contributed by atoms with van der Waals surface area (Å²) in [5.41, 5.74) is 0. The Bertz CT molecular complexity index is 92.1. The second-order valence-corrected chi connectivity index (χ2v) is 2.18. The fourth-order valence-corrected chi connectivity index (χ4v) is 0.687. The molecule has 66 valence electrons. The van der Waals surface area contributed by atoms with Crippen LogP contribution in [0.25, 0.3) is 0 Å². The van der Waals surface area contributed by atoms with Crippen LogP contribution in [0.5, 0.6) is 0 Å². The van der Waals surface area contributed by atoms with E-state index in [1.54, 1.807) is 14.2 Å². The quantitative estimate of drug-likeness (QED) is 0.338. The predicted octanol–water partition coefficient (Wildman–Crippen LogP) is 0.771. The van der Waals surface area contributed by atoms with Gasteiger partial charge >= 0.3 is 0 Å².